The van der Waals surface area contributed by atoms with Gasteiger partial charge in [-0.15, -0.1) is 0 Å². The Kier molecular flexibility index (Phi) is 6.67. The van der Waals surface area contributed by atoms with Gasteiger partial charge in [0.1, 0.15) is 5.82 Å². The molecule has 0 heterocycles. The van der Waals surface area contributed by atoms with Crippen LogP contribution in [-0.4, -0.2) is 12.6 Å². The van der Waals surface area contributed by atoms with Crippen LogP contribution >= 0.6 is 0 Å². The Balaban J connectivity index is 2.16. The lowest BCUT2D eigenvalue weighted by atomic mass is 9.89. The molecule has 1 aromatic carbocycles. The van der Waals surface area contributed by atoms with Gasteiger partial charge in [0.05, 0.1) is 11.5 Å². The lowest BCUT2D eigenvalue weighted by molar-refractivity contribution is 0.416. The summed E-state index contributed by atoms with van der Waals surface area (Å²) in [5.41, 5.74) is 0.941. The van der Waals surface area contributed by atoms with Gasteiger partial charge in [-0.3, -0.25) is 0 Å². The van der Waals surface area contributed by atoms with Crippen LogP contribution in [0.4, 0.5) is 4.39 Å². The van der Waals surface area contributed by atoms with Crippen molar-refractivity contribution < 1.29 is 4.39 Å². The van der Waals surface area contributed by atoms with Gasteiger partial charge < -0.3 is 5.32 Å². The van der Waals surface area contributed by atoms with Crippen molar-refractivity contribution in [2.45, 2.75) is 52.5 Å². The highest BCUT2D eigenvalue weighted by Crippen LogP contribution is 2.21. The lowest BCUT2D eigenvalue weighted by Crippen LogP contribution is -2.29. The molecule has 20 heavy (non-hydrogen) atoms. The van der Waals surface area contributed by atoms with E-state index in [9.17, 15) is 4.39 Å². The predicted molar refractivity (Wildman–Crippen MR) is 80.8 cm³/mol. The molecule has 3 heteroatoms. The fraction of sp³-hybridized carbons (Fsp3) is 0.588. The van der Waals surface area contributed by atoms with E-state index in [1.807, 2.05) is 26.0 Å². The zero-order chi connectivity index (χ0) is 15.0. The maximum Gasteiger partial charge on any atom is 0.123 e. The standard InChI is InChI=1S/C17H25FN2/c1-14(12-15-6-8-16(18)9-7-15)20-11-5-4-10-17(2,3)13-19/h6-9,14,20H,4-5,10-12H2,1-3H3. The summed E-state index contributed by atoms with van der Waals surface area (Å²) in [4.78, 5) is 0. The number of benzene rings is 1. The van der Waals surface area contributed by atoms with Crippen LogP contribution < -0.4 is 5.32 Å². The van der Waals surface area contributed by atoms with Gasteiger partial charge in [-0.25, -0.2) is 4.39 Å². The van der Waals surface area contributed by atoms with Crippen molar-refractivity contribution in [2.75, 3.05) is 6.54 Å². The molecule has 110 valence electrons. The van der Waals surface area contributed by atoms with E-state index < -0.39 is 0 Å². The summed E-state index contributed by atoms with van der Waals surface area (Å²) in [6, 6.07) is 9.39. The van der Waals surface area contributed by atoms with Gasteiger partial charge in [0.15, 0.2) is 0 Å². The molecule has 0 saturated heterocycles. The van der Waals surface area contributed by atoms with Gasteiger partial charge in [-0.05, 0) is 64.3 Å². The van der Waals surface area contributed by atoms with Crippen LogP contribution in [0.1, 0.15) is 45.6 Å². The van der Waals surface area contributed by atoms with Crippen LogP contribution in [0, 0.1) is 22.6 Å². The number of unbranched alkanes of at least 4 members (excludes halogenated alkanes) is 1. The van der Waals surface area contributed by atoms with Gasteiger partial charge in [0, 0.05) is 6.04 Å². The van der Waals surface area contributed by atoms with Crippen molar-refractivity contribution in [3.8, 4) is 6.07 Å². The average molecular weight is 276 g/mol. The summed E-state index contributed by atoms with van der Waals surface area (Å²) in [5.74, 6) is -0.186. The molecule has 0 aliphatic carbocycles. The molecule has 0 saturated carbocycles. The fourth-order valence-electron chi connectivity index (χ4n) is 2.14. The molecule has 0 amide bonds. The third kappa shape index (κ3) is 6.68. The first-order valence-electron chi connectivity index (χ1n) is 7.32. The fourth-order valence-corrected chi connectivity index (χ4v) is 2.14. The first-order chi connectivity index (χ1) is 9.43. The Morgan fingerprint density at radius 1 is 1.25 bits per heavy atom. The van der Waals surface area contributed by atoms with Crippen molar-refractivity contribution >= 4 is 0 Å². The van der Waals surface area contributed by atoms with Gasteiger partial charge in [0.2, 0.25) is 0 Å². The first-order valence-corrected chi connectivity index (χ1v) is 7.32. The van der Waals surface area contributed by atoms with Crippen LogP contribution in [0.5, 0.6) is 0 Å². The van der Waals surface area contributed by atoms with Crippen LogP contribution in [0.3, 0.4) is 0 Å². The molecule has 0 aliphatic heterocycles. The highest BCUT2D eigenvalue weighted by atomic mass is 19.1. The average Bonchev–Trinajstić information content (AvgIpc) is 2.41. The minimum Gasteiger partial charge on any atom is -0.314 e. The highest BCUT2D eigenvalue weighted by Gasteiger charge is 2.15. The van der Waals surface area contributed by atoms with Gasteiger partial charge in [0.25, 0.3) is 0 Å². The topological polar surface area (TPSA) is 35.8 Å². The largest absolute Gasteiger partial charge is 0.314 e. The molecule has 0 bridgehead atoms. The number of hydrogen-bond acceptors (Lipinski definition) is 2. The molecule has 0 spiro atoms. The summed E-state index contributed by atoms with van der Waals surface area (Å²) in [7, 11) is 0. The van der Waals surface area contributed by atoms with Crippen molar-refractivity contribution in [2.24, 2.45) is 5.41 Å². The number of rotatable bonds is 8. The quantitative estimate of drug-likeness (QED) is 0.727. The highest BCUT2D eigenvalue weighted by molar-refractivity contribution is 5.16. The van der Waals surface area contributed by atoms with E-state index in [0.29, 0.717) is 6.04 Å². The number of nitrogens with one attached hydrogen (secondary N) is 1. The van der Waals surface area contributed by atoms with Crippen molar-refractivity contribution in [3.05, 3.63) is 35.6 Å². The molecule has 0 aromatic heterocycles. The Morgan fingerprint density at radius 2 is 1.90 bits per heavy atom. The van der Waals surface area contributed by atoms with Crippen molar-refractivity contribution in [1.82, 2.24) is 5.32 Å². The molecule has 0 fully saturated rings. The maximum atomic E-state index is 12.8. The van der Waals surface area contributed by atoms with E-state index in [0.717, 1.165) is 37.8 Å². The smallest absolute Gasteiger partial charge is 0.123 e. The van der Waals surface area contributed by atoms with Crippen LogP contribution in [0.25, 0.3) is 0 Å². The number of hydrogen-bond donors (Lipinski definition) is 1. The van der Waals surface area contributed by atoms with Gasteiger partial charge in [-0.1, -0.05) is 18.6 Å². The van der Waals surface area contributed by atoms with Gasteiger partial charge >= 0.3 is 0 Å². The molecular formula is C17H25FN2. The zero-order valence-corrected chi connectivity index (χ0v) is 12.7. The number of nitriles is 1. The molecule has 1 aromatic rings. The summed E-state index contributed by atoms with van der Waals surface area (Å²) in [5, 5.41) is 12.4. The second-order valence-corrected chi connectivity index (χ2v) is 6.14. The van der Waals surface area contributed by atoms with Crippen LogP contribution in [0.15, 0.2) is 24.3 Å². The number of nitrogens with zero attached hydrogens (tertiary/aromatic N) is 1. The molecule has 1 unspecified atom stereocenters. The summed E-state index contributed by atoms with van der Waals surface area (Å²) in [6.45, 7) is 7.07. The SMILES string of the molecule is CC(Cc1ccc(F)cc1)NCCCCC(C)(C)C#N. The van der Waals surface area contributed by atoms with E-state index in [-0.39, 0.29) is 11.2 Å². The summed E-state index contributed by atoms with van der Waals surface area (Å²) >= 11 is 0. The summed E-state index contributed by atoms with van der Waals surface area (Å²) < 4.78 is 12.8. The second kappa shape index (κ2) is 8.01. The second-order valence-electron chi connectivity index (χ2n) is 6.14. The van der Waals surface area contributed by atoms with Crippen LogP contribution in [-0.2, 0) is 6.42 Å². The minimum absolute atomic E-state index is 0.186. The molecule has 0 radical (unpaired) electrons. The van der Waals surface area contributed by atoms with Crippen LogP contribution in [0.2, 0.25) is 0 Å². The van der Waals surface area contributed by atoms with Gasteiger partial charge in [-0.2, -0.15) is 5.26 Å². The zero-order valence-electron chi connectivity index (χ0n) is 12.7. The third-order valence-corrected chi connectivity index (χ3v) is 3.48. The predicted octanol–water partition coefficient (Wildman–Crippen LogP) is 4.07. The lowest BCUT2D eigenvalue weighted by Gasteiger charge is -2.16. The molecule has 1 atom stereocenters. The van der Waals surface area contributed by atoms with E-state index in [2.05, 4.69) is 18.3 Å². The molecule has 1 N–H and O–H groups in total. The first kappa shape index (κ1) is 16.7. The Bertz CT molecular complexity index is 431. The molecule has 1 rings (SSSR count). The van der Waals surface area contributed by atoms with E-state index >= 15 is 0 Å². The Hall–Kier alpha value is -1.40. The Labute approximate surface area is 122 Å². The van der Waals surface area contributed by atoms with E-state index in [1.165, 1.54) is 12.1 Å². The molecule has 0 aliphatic rings. The summed E-state index contributed by atoms with van der Waals surface area (Å²) in [6.07, 6.45) is 4.00. The molecular weight excluding hydrogens is 251 g/mol. The third-order valence-electron chi connectivity index (χ3n) is 3.48. The molecule has 2 nitrogen and oxygen atoms in total. The number of halogens is 1. The van der Waals surface area contributed by atoms with E-state index in [1.54, 1.807) is 0 Å². The van der Waals surface area contributed by atoms with E-state index in [4.69, 9.17) is 5.26 Å². The Morgan fingerprint density at radius 3 is 2.50 bits per heavy atom. The minimum atomic E-state index is -0.209. The van der Waals surface area contributed by atoms with Crippen molar-refractivity contribution in [3.63, 3.8) is 0 Å². The normalized spacial score (nSPS) is 12.9. The van der Waals surface area contributed by atoms with Crippen molar-refractivity contribution in [1.29, 1.82) is 5.26 Å². The maximum absolute atomic E-state index is 12.8. The monoisotopic (exact) mass is 276 g/mol.